The van der Waals surface area contributed by atoms with E-state index in [2.05, 4.69) is 10.1 Å². The molecule has 0 bridgehead atoms. The van der Waals surface area contributed by atoms with E-state index in [-0.39, 0.29) is 12.5 Å². The first-order valence-corrected chi connectivity index (χ1v) is 9.69. The maximum atomic E-state index is 12.7. The second-order valence-corrected chi connectivity index (χ2v) is 8.13. The summed E-state index contributed by atoms with van der Waals surface area (Å²) in [4.78, 5) is 4.16. The van der Waals surface area contributed by atoms with Crippen molar-refractivity contribution in [3.05, 3.63) is 64.9 Å². The number of nitrogens with zero attached hydrogens (tertiary/aromatic N) is 4. The van der Waals surface area contributed by atoms with Crippen molar-refractivity contribution in [2.24, 2.45) is 5.10 Å². The van der Waals surface area contributed by atoms with Gasteiger partial charge in [0.1, 0.15) is 0 Å². The average molecular weight is 379 g/mol. The molecule has 0 saturated heterocycles. The van der Waals surface area contributed by atoms with E-state index in [1.54, 1.807) is 38.5 Å². The SMILES string of the molecule is CCN(C)S(=O)(=O)N1CC(c2cccnc2)C(c2ccc(Cl)cc2)=N1. The van der Waals surface area contributed by atoms with Gasteiger partial charge in [-0.25, -0.2) is 0 Å². The number of halogens is 1. The molecule has 0 aliphatic carbocycles. The van der Waals surface area contributed by atoms with E-state index in [4.69, 9.17) is 11.6 Å². The van der Waals surface area contributed by atoms with Crippen LogP contribution in [0.3, 0.4) is 0 Å². The molecular formula is C17H19ClN4O2S. The zero-order chi connectivity index (χ0) is 18.0. The Hall–Kier alpha value is -1.96. The standard InChI is InChI=1S/C17H19ClN4O2S/c1-3-21(2)25(23,24)22-12-16(14-5-4-10-19-11-14)17(20-22)13-6-8-15(18)9-7-13/h4-11,16H,3,12H2,1-2H3. The zero-order valence-corrected chi connectivity index (χ0v) is 15.6. The van der Waals surface area contributed by atoms with Crippen LogP contribution in [0.4, 0.5) is 0 Å². The van der Waals surface area contributed by atoms with Gasteiger partial charge in [0.15, 0.2) is 0 Å². The molecule has 1 aliphatic rings. The predicted molar refractivity (Wildman–Crippen MR) is 98.9 cm³/mol. The minimum atomic E-state index is -3.65. The van der Waals surface area contributed by atoms with Crippen molar-refractivity contribution in [2.45, 2.75) is 12.8 Å². The van der Waals surface area contributed by atoms with Crippen LogP contribution in [0.25, 0.3) is 0 Å². The van der Waals surface area contributed by atoms with Crippen LogP contribution in [0.15, 0.2) is 53.9 Å². The Morgan fingerprint density at radius 1 is 1.28 bits per heavy atom. The summed E-state index contributed by atoms with van der Waals surface area (Å²) in [7, 11) is -2.10. The van der Waals surface area contributed by atoms with Crippen molar-refractivity contribution in [3.8, 4) is 0 Å². The van der Waals surface area contributed by atoms with E-state index in [1.807, 2.05) is 24.3 Å². The highest BCUT2D eigenvalue weighted by Gasteiger charge is 2.36. The largest absolute Gasteiger partial charge is 0.318 e. The van der Waals surface area contributed by atoms with Crippen LogP contribution in [0.2, 0.25) is 5.02 Å². The van der Waals surface area contributed by atoms with Gasteiger partial charge in [-0.15, -0.1) is 0 Å². The Bertz CT molecular complexity index is 869. The first-order valence-electron chi connectivity index (χ1n) is 7.92. The second kappa shape index (κ2) is 7.11. The summed E-state index contributed by atoms with van der Waals surface area (Å²) in [6.45, 7) is 2.41. The highest BCUT2D eigenvalue weighted by Crippen LogP contribution is 2.30. The fourth-order valence-corrected chi connectivity index (χ4v) is 3.97. The molecule has 0 spiro atoms. The molecule has 1 unspecified atom stereocenters. The average Bonchev–Trinajstić information content (AvgIpc) is 3.08. The lowest BCUT2D eigenvalue weighted by Gasteiger charge is -2.22. The van der Waals surface area contributed by atoms with Gasteiger partial charge in [0.2, 0.25) is 0 Å². The minimum absolute atomic E-state index is 0.185. The molecule has 25 heavy (non-hydrogen) atoms. The topological polar surface area (TPSA) is 65.9 Å². The maximum Gasteiger partial charge on any atom is 0.318 e. The number of aromatic nitrogens is 1. The second-order valence-electron chi connectivity index (χ2n) is 5.76. The quantitative estimate of drug-likeness (QED) is 0.803. The summed E-state index contributed by atoms with van der Waals surface area (Å²) in [5.74, 6) is -0.185. The summed E-state index contributed by atoms with van der Waals surface area (Å²) < 4.78 is 27.8. The zero-order valence-electron chi connectivity index (χ0n) is 14.0. The van der Waals surface area contributed by atoms with E-state index in [1.165, 1.54) is 4.31 Å². The molecule has 3 rings (SSSR count). The molecule has 132 valence electrons. The van der Waals surface area contributed by atoms with Crippen molar-refractivity contribution in [1.82, 2.24) is 13.7 Å². The minimum Gasteiger partial charge on any atom is -0.264 e. The molecule has 1 aromatic carbocycles. The van der Waals surface area contributed by atoms with Gasteiger partial charge in [0, 0.05) is 31.0 Å². The summed E-state index contributed by atoms with van der Waals surface area (Å²) in [5.41, 5.74) is 2.46. The number of benzene rings is 1. The van der Waals surface area contributed by atoms with E-state index in [0.717, 1.165) is 15.5 Å². The van der Waals surface area contributed by atoms with Crippen molar-refractivity contribution in [3.63, 3.8) is 0 Å². The molecule has 0 saturated carbocycles. The van der Waals surface area contributed by atoms with Crippen LogP contribution >= 0.6 is 11.6 Å². The molecule has 1 atom stereocenters. The molecule has 8 heteroatoms. The Balaban J connectivity index is 2.04. The molecule has 0 amide bonds. The third-order valence-corrected chi connectivity index (χ3v) is 6.28. The highest BCUT2D eigenvalue weighted by atomic mass is 35.5. The first-order chi connectivity index (χ1) is 11.9. The van der Waals surface area contributed by atoms with Crippen LogP contribution < -0.4 is 0 Å². The van der Waals surface area contributed by atoms with Crippen LogP contribution in [-0.2, 0) is 10.2 Å². The first kappa shape index (κ1) is 17.8. The van der Waals surface area contributed by atoms with Crippen LogP contribution in [0.1, 0.15) is 24.0 Å². The van der Waals surface area contributed by atoms with Crippen LogP contribution in [-0.4, -0.2) is 48.0 Å². The predicted octanol–water partition coefficient (Wildman–Crippen LogP) is 2.74. The van der Waals surface area contributed by atoms with E-state index < -0.39 is 10.2 Å². The lowest BCUT2D eigenvalue weighted by atomic mass is 9.92. The fraction of sp³-hybridized carbons (Fsp3) is 0.294. The number of hydrazone groups is 1. The van der Waals surface area contributed by atoms with Gasteiger partial charge >= 0.3 is 10.2 Å². The monoisotopic (exact) mass is 378 g/mol. The summed E-state index contributed by atoms with van der Waals surface area (Å²) in [6, 6.07) is 11.0. The molecular weight excluding hydrogens is 360 g/mol. The maximum absolute atomic E-state index is 12.7. The molecule has 2 heterocycles. The third kappa shape index (κ3) is 3.53. The van der Waals surface area contributed by atoms with Crippen molar-refractivity contribution in [1.29, 1.82) is 0 Å². The molecule has 0 fully saturated rings. The smallest absolute Gasteiger partial charge is 0.264 e. The lowest BCUT2D eigenvalue weighted by Crippen LogP contribution is -2.38. The van der Waals surface area contributed by atoms with Crippen molar-refractivity contribution in [2.75, 3.05) is 20.1 Å². The molecule has 0 N–H and O–H groups in total. The number of rotatable bonds is 5. The summed E-state index contributed by atoms with van der Waals surface area (Å²) >= 11 is 5.97. The van der Waals surface area contributed by atoms with Crippen LogP contribution in [0.5, 0.6) is 0 Å². The van der Waals surface area contributed by atoms with Gasteiger partial charge in [0.05, 0.1) is 18.2 Å². The molecule has 0 radical (unpaired) electrons. The van der Waals surface area contributed by atoms with Gasteiger partial charge < -0.3 is 0 Å². The van der Waals surface area contributed by atoms with Gasteiger partial charge in [-0.3, -0.25) is 4.98 Å². The number of hydrogen-bond donors (Lipinski definition) is 0. The van der Waals surface area contributed by atoms with Gasteiger partial charge in [-0.2, -0.15) is 22.2 Å². The van der Waals surface area contributed by atoms with E-state index >= 15 is 0 Å². The summed E-state index contributed by atoms with van der Waals surface area (Å²) in [6.07, 6.45) is 3.44. The number of hydrogen-bond acceptors (Lipinski definition) is 4. The van der Waals surface area contributed by atoms with Crippen molar-refractivity contribution >= 4 is 27.5 Å². The van der Waals surface area contributed by atoms with E-state index in [0.29, 0.717) is 17.3 Å². The fourth-order valence-electron chi connectivity index (χ4n) is 2.67. The molecule has 1 aliphatic heterocycles. The number of pyridine rings is 1. The van der Waals surface area contributed by atoms with Crippen molar-refractivity contribution < 1.29 is 8.42 Å². The Labute approximate surface area is 152 Å². The normalized spacial score (nSPS) is 17.8. The Kier molecular flexibility index (Phi) is 5.08. The van der Waals surface area contributed by atoms with Gasteiger partial charge in [-0.05, 0) is 29.3 Å². The lowest BCUT2D eigenvalue weighted by molar-refractivity contribution is 0.388. The molecule has 2 aromatic rings. The Morgan fingerprint density at radius 2 is 2.00 bits per heavy atom. The molecule has 6 nitrogen and oxygen atoms in total. The summed E-state index contributed by atoms with van der Waals surface area (Å²) in [5, 5.41) is 5.06. The van der Waals surface area contributed by atoms with Gasteiger partial charge in [-0.1, -0.05) is 36.7 Å². The third-order valence-electron chi connectivity index (χ3n) is 4.22. The highest BCUT2D eigenvalue weighted by molar-refractivity contribution is 7.86. The molecule has 1 aromatic heterocycles. The van der Waals surface area contributed by atoms with Crippen LogP contribution in [0, 0.1) is 0 Å². The van der Waals surface area contributed by atoms with E-state index in [9.17, 15) is 8.42 Å². The van der Waals surface area contributed by atoms with Gasteiger partial charge in [0.25, 0.3) is 0 Å². The Morgan fingerprint density at radius 3 is 2.60 bits per heavy atom.